The summed E-state index contributed by atoms with van der Waals surface area (Å²) in [6.45, 7) is 1.63. The topological polar surface area (TPSA) is 59.0 Å². The van der Waals surface area contributed by atoms with Gasteiger partial charge in [-0.3, -0.25) is 4.79 Å². The van der Waals surface area contributed by atoms with Gasteiger partial charge in [0, 0.05) is 43.3 Å². The smallest absolute Gasteiger partial charge is 0.226 e. The molecule has 2 aromatic rings. The number of rotatable bonds is 4. The van der Waals surface area contributed by atoms with Crippen molar-refractivity contribution in [3.05, 3.63) is 42.5 Å². The van der Waals surface area contributed by atoms with Crippen LogP contribution >= 0.6 is 24.8 Å². The van der Waals surface area contributed by atoms with E-state index in [-0.39, 0.29) is 30.7 Å². The van der Waals surface area contributed by atoms with Crippen molar-refractivity contribution in [1.82, 2.24) is 9.55 Å². The first-order valence-corrected chi connectivity index (χ1v) is 6.44. The van der Waals surface area contributed by atoms with E-state index in [1.165, 1.54) is 11.3 Å². The first-order chi connectivity index (χ1) is 9.31. The molecule has 3 rings (SSSR count). The predicted molar refractivity (Wildman–Crippen MR) is 88.6 cm³/mol. The molecule has 1 aliphatic heterocycles. The molecule has 1 aromatic carbocycles. The Kier molecular flexibility index (Phi) is 6.52. The van der Waals surface area contributed by atoms with Crippen LogP contribution in [0, 0.1) is 0 Å². The Morgan fingerprint density at radius 2 is 2.24 bits per heavy atom. The Balaban J connectivity index is 0.00000110. The molecule has 0 saturated carbocycles. The second-order valence-corrected chi connectivity index (χ2v) is 4.65. The largest absolute Gasteiger partial charge is 0.384 e. The minimum absolute atomic E-state index is 0. The number of imidazole rings is 1. The average Bonchev–Trinajstić information content (AvgIpc) is 3.07. The lowest BCUT2D eigenvalue weighted by atomic mass is 10.1. The summed E-state index contributed by atoms with van der Waals surface area (Å²) in [6.07, 6.45) is 6.76. The lowest BCUT2D eigenvalue weighted by Crippen LogP contribution is -2.14. The van der Waals surface area contributed by atoms with E-state index < -0.39 is 0 Å². The molecule has 0 spiro atoms. The standard InChI is InChI=1S/C14H16N4O.2ClH/c19-14(4-7-18-8-6-15-10-18)17-12-1-2-13-11(9-12)3-5-16-13;;/h1-2,6,8-10,16H,3-5,7H2,(H,17,19);2*1H. The molecule has 1 aliphatic rings. The van der Waals surface area contributed by atoms with E-state index in [1.807, 2.05) is 29.0 Å². The molecular weight excluding hydrogens is 311 g/mol. The highest BCUT2D eigenvalue weighted by Gasteiger charge is 2.11. The van der Waals surface area contributed by atoms with Crippen LogP contribution in [0.3, 0.4) is 0 Å². The zero-order valence-electron chi connectivity index (χ0n) is 11.4. The highest BCUT2D eigenvalue weighted by atomic mass is 35.5. The van der Waals surface area contributed by atoms with Gasteiger partial charge in [0.1, 0.15) is 0 Å². The molecule has 114 valence electrons. The zero-order valence-corrected chi connectivity index (χ0v) is 13.0. The Bertz CT molecular complexity index is 587. The number of nitrogens with one attached hydrogen (secondary N) is 2. The first kappa shape index (κ1) is 17.3. The number of amides is 1. The van der Waals surface area contributed by atoms with E-state index in [4.69, 9.17) is 0 Å². The second-order valence-electron chi connectivity index (χ2n) is 4.65. The van der Waals surface area contributed by atoms with Gasteiger partial charge in [0.2, 0.25) is 5.91 Å². The Labute approximate surface area is 136 Å². The molecule has 2 N–H and O–H groups in total. The Morgan fingerprint density at radius 3 is 3.00 bits per heavy atom. The number of nitrogens with zero attached hydrogens (tertiary/aromatic N) is 2. The molecule has 0 radical (unpaired) electrons. The number of fused-ring (bicyclic) bond motifs is 1. The maximum atomic E-state index is 11.8. The molecule has 0 atom stereocenters. The van der Waals surface area contributed by atoms with Crippen molar-refractivity contribution >= 4 is 42.1 Å². The lowest BCUT2D eigenvalue weighted by molar-refractivity contribution is -0.116. The third-order valence-corrected chi connectivity index (χ3v) is 3.26. The van der Waals surface area contributed by atoms with Crippen LogP contribution in [0.15, 0.2) is 36.9 Å². The van der Waals surface area contributed by atoms with E-state index in [1.54, 1.807) is 12.5 Å². The molecular formula is C14H18Cl2N4O. The number of carbonyl (C=O) groups is 1. The molecule has 0 unspecified atom stereocenters. The van der Waals surface area contributed by atoms with E-state index in [9.17, 15) is 4.79 Å². The van der Waals surface area contributed by atoms with Crippen molar-refractivity contribution in [1.29, 1.82) is 0 Å². The molecule has 7 heteroatoms. The van der Waals surface area contributed by atoms with Gasteiger partial charge in [-0.1, -0.05) is 0 Å². The lowest BCUT2D eigenvalue weighted by Gasteiger charge is -2.07. The van der Waals surface area contributed by atoms with Crippen LogP contribution in [0.4, 0.5) is 11.4 Å². The minimum Gasteiger partial charge on any atom is -0.384 e. The van der Waals surface area contributed by atoms with Crippen LogP contribution in [0.5, 0.6) is 0 Å². The van der Waals surface area contributed by atoms with Crippen LogP contribution in [-0.4, -0.2) is 22.0 Å². The number of carbonyl (C=O) groups excluding carboxylic acids is 1. The number of halogens is 2. The summed E-state index contributed by atoms with van der Waals surface area (Å²) in [5.41, 5.74) is 3.32. The third kappa shape index (κ3) is 4.37. The summed E-state index contributed by atoms with van der Waals surface area (Å²) >= 11 is 0. The quantitative estimate of drug-likeness (QED) is 0.907. The van der Waals surface area contributed by atoms with E-state index in [0.29, 0.717) is 13.0 Å². The van der Waals surface area contributed by atoms with Crippen LogP contribution in [0.1, 0.15) is 12.0 Å². The molecule has 0 fully saturated rings. The van der Waals surface area contributed by atoms with Crippen molar-refractivity contribution in [2.75, 3.05) is 17.2 Å². The summed E-state index contributed by atoms with van der Waals surface area (Å²) in [5, 5.41) is 6.23. The molecule has 5 nitrogen and oxygen atoms in total. The molecule has 21 heavy (non-hydrogen) atoms. The molecule has 0 bridgehead atoms. The SMILES string of the molecule is Cl.Cl.O=C(CCn1ccnc1)Nc1ccc2c(c1)CCN2. The number of aromatic nitrogens is 2. The van der Waals surface area contributed by atoms with Crippen molar-refractivity contribution < 1.29 is 4.79 Å². The summed E-state index contributed by atoms with van der Waals surface area (Å²) < 4.78 is 1.90. The fourth-order valence-electron chi connectivity index (χ4n) is 2.26. The maximum Gasteiger partial charge on any atom is 0.226 e. The fraction of sp³-hybridized carbons (Fsp3) is 0.286. The number of aryl methyl sites for hydroxylation is 1. The van der Waals surface area contributed by atoms with E-state index in [2.05, 4.69) is 15.6 Å². The monoisotopic (exact) mass is 328 g/mol. The predicted octanol–water partition coefficient (Wildman–Crippen LogP) is 2.72. The zero-order chi connectivity index (χ0) is 13.1. The first-order valence-electron chi connectivity index (χ1n) is 6.44. The van der Waals surface area contributed by atoms with Crippen LogP contribution in [0.2, 0.25) is 0 Å². The fourth-order valence-corrected chi connectivity index (χ4v) is 2.26. The molecule has 0 saturated heterocycles. The number of hydrogen-bond acceptors (Lipinski definition) is 3. The Morgan fingerprint density at radius 1 is 1.38 bits per heavy atom. The summed E-state index contributed by atoms with van der Waals surface area (Å²) in [4.78, 5) is 15.8. The number of hydrogen-bond donors (Lipinski definition) is 2. The normalized spacial score (nSPS) is 11.6. The van der Waals surface area contributed by atoms with Gasteiger partial charge >= 0.3 is 0 Å². The number of benzene rings is 1. The van der Waals surface area contributed by atoms with Crippen LogP contribution in [-0.2, 0) is 17.8 Å². The van der Waals surface area contributed by atoms with Gasteiger partial charge in [0.15, 0.2) is 0 Å². The highest BCUT2D eigenvalue weighted by molar-refractivity contribution is 5.91. The van der Waals surface area contributed by atoms with Gasteiger partial charge in [-0.25, -0.2) is 4.98 Å². The Hall–Kier alpha value is -1.72. The van der Waals surface area contributed by atoms with Crippen LogP contribution in [0.25, 0.3) is 0 Å². The van der Waals surface area contributed by atoms with Gasteiger partial charge in [0.25, 0.3) is 0 Å². The van der Waals surface area contributed by atoms with E-state index >= 15 is 0 Å². The average molecular weight is 329 g/mol. The second kappa shape index (κ2) is 7.90. The molecule has 2 heterocycles. The van der Waals surface area contributed by atoms with Gasteiger partial charge in [-0.2, -0.15) is 0 Å². The highest BCUT2D eigenvalue weighted by Crippen LogP contribution is 2.25. The molecule has 0 aliphatic carbocycles. The summed E-state index contributed by atoms with van der Waals surface area (Å²) in [6, 6.07) is 6.00. The van der Waals surface area contributed by atoms with Gasteiger partial charge in [0.05, 0.1) is 6.33 Å². The minimum atomic E-state index is 0. The third-order valence-electron chi connectivity index (χ3n) is 3.26. The molecule has 1 aromatic heterocycles. The van der Waals surface area contributed by atoms with Crippen molar-refractivity contribution in [3.8, 4) is 0 Å². The van der Waals surface area contributed by atoms with Crippen molar-refractivity contribution in [2.45, 2.75) is 19.4 Å². The van der Waals surface area contributed by atoms with Crippen molar-refractivity contribution in [3.63, 3.8) is 0 Å². The molecule has 1 amide bonds. The van der Waals surface area contributed by atoms with E-state index in [0.717, 1.165) is 18.7 Å². The summed E-state index contributed by atoms with van der Waals surface area (Å²) in [5.74, 6) is 0.0274. The maximum absolute atomic E-state index is 11.8. The van der Waals surface area contributed by atoms with Gasteiger partial charge in [-0.05, 0) is 30.2 Å². The van der Waals surface area contributed by atoms with Gasteiger partial charge in [-0.15, -0.1) is 24.8 Å². The van der Waals surface area contributed by atoms with Gasteiger partial charge < -0.3 is 15.2 Å². The number of anilines is 2. The summed E-state index contributed by atoms with van der Waals surface area (Å²) in [7, 11) is 0. The van der Waals surface area contributed by atoms with Crippen molar-refractivity contribution in [2.24, 2.45) is 0 Å². The van der Waals surface area contributed by atoms with Crippen LogP contribution < -0.4 is 10.6 Å².